The third-order valence-electron chi connectivity index (χ3n) is 4.33. The average Bonchev–Trinajstić information content (AvgIpc) is 3.30. The standard InChI is InChI=1S/C19H16FN5O3/c1-11-7-14(23-28-11)8-21-18(26)15-9-25-10-16(12-3-5-13(20)6-4-12)24(2)19(27)17(25)22-15/h3-7,9-10H,8H2,1-2H3,(H,21,26). The molecule has 3 aromatic heterocycles. The molecule has 28 heavy (non-hydrogen) atoms. The van der Waals surface area contributed by atoms with Crippen LogP contribution in [0.5, 0.6) is 0 Å². The Morgan fingerprint density at radius 1 is 1.25 bits per heavy atom. The van der Waals surface area contributed by atoms with Gasteiger partial charge in [0.15, 0.2) is 0 Å². The van der Waals surface area contributed by atoms with E-state index in [0.717, 1.165) is 0 Å². The normalized spacial score (nSPS) is 11.1. The molecule has 0 aliphatic rings. The summed E-state index contributed by atoms with van der Waals surface area (Å²) in [6, 6.07) is 7.53. The fourth-order valence-corrected chi connectivity index (χ4v) is 2.89. The number of aryl methyl sites for hydroxylation is 1. The summed E-state index contributed by atoms with van der Waals surface area (Å²) < 4.78 is 21.0. The molecule has 8 nitrogen and oxygen atoms in total. The second-order valence-electron chi connectivity index (χ2n) is 6.35. The summed E-state index contributed by atoms with van der Waals surface area (Å²) in [5.41, 5.74) is 1.69. The number of nitrogens with zero attached hydrogens (tertiary/aromatic N) is 4. The van der Waals surface area contributed by atoms with Gasteiger partial charge in [0, 0.05) is 25.5 Å². The molecule has 142 valence electrons. The first kappa shape index (κ1) is 17.7. The fraction of sp³-hybridized carbons (Fsp3) is 0.158. The number of imidazole rings is 1. The van der Waals surface area contributed by atoms with E-state index in [2.05, 4.69) is 15.5 Å². The Hall–Kier alpha value is -3.75. The SMILES string of the molecule is Cc1cc(CNC(=O)c2cn3cc(-c4ccc(F)cc4)n(C)c(=O)c3n2)no1. The maximum Gasteiger partial charge on any atom is 0.294 e. The van der Waals surface area contributed by atoms with Crippen molar-refractivity contribution in [3.63, 3.8) is 0 Å². The number of rotatable bonds is 4. The van der Waals surface area contributed by atoms with Gasteiger partial charge in [-0.1, -0.05) is 5.16 Å². The van der Waals surface area contributed by atoms with Crippen LogP contribution in [0, 0.1) is 12.7 Å². The number of carbonyl (C=O) groups is 1. The monoisotopic (exact) mass is 381 g/mol. The predicted molar refractivity (Wildman–Crippen MR) is 98.2 cm³/mol. The van der Waals surface area contributed by atoms with Gasteiger partial charge in [-0.2, -0.15) is 0 Å². The molecule has 0 radical (unpaired) electrons. The number of halogens is 1. The van der Waals surface area contributed by atoms with Gasteiger partial charge in [-0.15, -0.1) is 0 Å². The first-order valence-corrected chi connectivity index (χ1v) is 8.47. The van der Waals surface area contributed by atoms with Crippen molar-refractivity contribution < 1.29 is 13.7 Å². The smallest absolute Gasteiger partial charge is 0.294 e. The van der Waals surface area contributed by atoms with E-state index < -0.39 is 5.91 Å². The second kappa shape index (κ2) is 6.76. The third kappa shape index (κ3) is 3.18. The predicted octanol–water partition coefficient (Wildman–Crippen LogP) is 2.07. The van der Waals surface area contributed by atoms with Crippen LogP contribution in [0.1, 0.15) is 21.9 Å². The Bertz CT molecular complexity index is 1240. The van der Waals surface area contributed by atoms with Gasteiger partial charge in [0.2, 0.25) is 5.65 Å². The van der Waals surface area contributed by atoms with E-state index in [1.807, 2.05) is 0 Å². The number of hydrogen-bond acceptors (Lipinski definition) is 5. The summed E-state index contributed by atoms with van der Waals surface area (Å²) in [5.74, 6) is -0.151. The number of fused-ring (bicyclic) bond motifs is 1. The third-order valence-corrected chi connectivity index (χ3v) is 4.33. The lowest BCUT2D eigenvalue weighted by atomic mass is 10.1. The van der Waals surface area contributed by atoms with E-state index in [1.165, 1.54) is 27.3 Å². The molecule has 0 aliphatic carbocycles. The number of nitrogens with one attached hydrogen (secondary N) is 1. The highest BCUT2D eigenvalue weighted by molar-refractivity contribution is 5.92. The fourth-order valence-electron chi connectivity index (χ4n) is 2.89. The lowest BCUT2D eigenvalue weighted by Crippen LogP contribution is -2.23. The first-order chi connectivity index (χ1) is 13.4. The molecule has 9 heteroatoms. The summed E-state index contributed by atoms with van der Waals surface area (Å²) in [7, 11) is 1.60. The van der Waals surface area contributed by atoms with Gasteiger partial charge >= 0.3 is 0 Å². The van der Waals surface area contributed by atoms with Gasteiger partial charge in [0.1, 0.15) is 23.0 Å². The molecule has 0 saturated heterocycles. The van der Waals surface area contributed by atoms with Crippen LogP contribution in [0.3, 0.4) is 0 Å². The van der Waals surface area contributed by atoms with Crippen molar-refractivity contribution in [2.24, 2.45) is 7.05 Å². The average molecular weight is 381 g/mol. The maximum absolute atomic E-state index is 13.2. The molecule has 1 N–H and O–H groups in total. The molecule has 0 aliphatic heterocycles. The van der Waals surface area contributed by atoms with Gasteiger partial charge in [-0.3, -0.25) is 14.0 Å². The highest BCUT2D eigenvalue weighted by Crippen LogP contribution is 2.18. The minimum Gasteiger partial charge on any atom is -0.361 e. The number of aromatic nitrogens is 4. The largest absolute Gasteiger partial charge is 0.361 e. The zero-order valence-electron chi connectivity index (χ0n) is 15.1. The molecule has 0 bridgehead atoms. The quantitative estimate of drug-likeness (QED) is 0.584. The van der Waals surface area contributed by atoms with E-state index in [-0.39, 0.29) is 29.3 Å². The van der Waals surface area contributed by atoms with Gasteiger partial charge in [-0.25, -0.2) is 9.37 Å². The van der Waals surface area contributed by atoms with Crippen molar-refractivity contribution in [3.8, 4) is 11.3 Å². The molecular weight excluding hydrogens is 365 g/mol. The Morgan fingerprint density at radius 2 is 2.00 bits per heavy atom. The highest BCUT2D eigenvalue weighted by Gasteiger charge is 2.16. The Kier molecular flexibility index (Phi) is 4.26. The minimum absolute atomic E-state index is 0.105. The van der Waals surface area contributed by atoms with Crippen LogP contribution < -0.4 is 10.9 Å². The number of carbonyl (C=O) groups excluding carboxylic acids is 1. The van der Waals surface area contributed by atoms with E-state index in [9.17, 15) is 14.0 Å². The van der Waals surface area contributed by atoms with Crippen LogP contribution in [0.2, 0.25) is 0 Å². The van der Waals surface area contributed by atoms with Crippen LogP contribution in [0.15, 0.2) is 52.0 Å². The maximum atomic E-state index is 13.2. The number of benzene rings is 1. The molecule has 0 spiro atoms. The van der Waals surface area contributed by atoms with Gasteiger partial charge in [-0.05, 0) is 36.8 Å². The van der Waals surface area contributed by atoms with Crippen LogP contribution in [0.25, 0.3) is 16.9 Å². The van der Waals surface area contributed by atoms with Crippen LogP contribution in [0.4, 0.5) is 4.39 Å². The number of amides is 1. The van der Waals surface area contributed by atoms with Crippen molar-refractivity contribution in [1.82, 2.24) is 24.4 Å². The molecule has 1 aromatic carbocycles. The van der Waals surface area contributed by atoms with Gasteiger partial charge in [0.25, 0.3) is 11.5 Å². The van der Waals surface area contributed by atoms with Crippen molar-refractivity contribution in [2.75, 3.05) is 0 Å². The lowest BCUT2D eigenvalue weighted by Gasteiger charge is -2.09. The van der Waals surface area contributed by atoms with Gasteiger partial charge < -0.3 is 14.4 Å². The molecular formula is C19H16FN5O3. The zero-order chi connectivity index (χ0) is 19.8. The van der Waals surface area contributed by atoms with Gasteiger partial charge in [0.05, 0.1) is 12.2 Å². The van der Waals surface area contributed by atoms with Crippen LogP contribution in [-0.4, -0.2) is 25.0 Å². The van der Waals surface area contributed by atoms with Crippen LogP contribution in [-0.2, 0) is 13.6 Å². The number of hydrogen-bond donors (Lipinski definition) is 1. The minimum atomic E-state index is -0.435. The summed E-state index contributed by atoms with van der Waals surface area (Å²) in [6.45, 7) is 1.94. The summed E-state index contributed by atoms with van der Waals surface area (Å²) in [4.78, 5) is 29.2. The molecule has 3 heterocycles. The van der Waals surface area contributed by atoms with Crippen molar-refractivity contribution in [2.45, 2.75) is 13.5 Å². The van der Waals surface area contributed by atoms with E-state index in [1.54, 1.807) is 38.4 Å². The summed E-state index contributed by atoms with van der Waals surface area (Å²) >= 11 is 0. The summed E-state index contributed by atoms with van der Waals surface area (Å²) in [5, 5.41) is 6.49. The van der Waals surface area contributed by atoms with E-state index in [4.69, 9.17) is 4.52 Å². The topological polar surface area (TPSA) is 94.4 Å². The molecule has 0 atom stereocenters. The molecule has 0 saturated carbocycles. The zero-order valence-corrected chi connectivity index (χ0v) is 15.1. The Morgan fingerprint density at radius 3 is 2.68 bits per heavy atom. The van der Waals surface area contributed by atoms with E-state index >= 15 is 0 Å². The second-order valence-corrected chi connectivity index (χ2v) is 6.35. The first-order valence-electron chi connectivity index (χ1n) is 8.47. The highest BCUT2D eigenvalue weighted by atomic mass is 19.1. The molecule has 4 aromatic rings. The van der Waals surface area contributed by atoms with E-state index in [0.29, 0.717) is 22.7 Å². The van der Waals surface area contributed by atoms with Crippen molar-refractivity contribution >= 4 is 11.6 Å². The molecule has 0 unspecified atom stereocenters. The van der Waals surface area contributed by atoms with Crippen molar-refractivity contribution in [1.29, 1.82) is 0 Å². The summed E-state index contributed by atoms with van der Waals surface area (Å²) in [6.07, 6.45) is 3.15. The van der Waals surface area contributed by atoms with Crippen LogP contribution >= 0.6 is 0 Å². The lowest BCUT2D eigenvalue weighted by molar-refractivity contribution is 0.0945. The molecule has 4 rings (SSSR count). The Balaban J connectivity index is 1.66. The Labute approximate surface area is 158 Å². The molecule has 1 amide bonds. The molecule has 0 fully saturated rings. The van der Waals surface area contributed by atoms with Crippen molar-refractivity contribution in [3.05, 3.63) is 76.0 Å².